The van der Waals surface area contributed by atoms with Gasteiger partial charge in [0, 0.05) is 17.6 Å². The maximum absolute atomic E-state index is 12.8. The molecule has 0 aliphatic rings. The number of amides is 2. The first-order valence-corrected chi connectivity index (χ1v) is 9.78. The van der Waals surface area contributed by atoms with Crippen LogP contribution >= 0.6 is 27.5 Å². The number of nitrogens with one attached hydrogen (secondary N) is 1. The van der Waals surface area contributed by atoms with E-state index in [1.807, 2.05) is 31.2 Å². The maximum atomic E-state index is 12.8. The zero-order chi connectivity index (χ0) is 19.8. The molecule has 144 valence electrons. The summed E-state index contributed by atoms with van der Waals surface area (Å²) in [6, 6.07) is 13.9. The highest BCUT2D eigenvalue weighted by atomic mass is 79.9. The second-order valence-electron chi connectivity index (χ2n) is 5.94. The van der Waals surface area contributed by atoms with Gasteiger partial charge in [0.15, 0.2) is 6.61 Å². The van der Waals surface area contributed by atoms with Gasteiger partial charge in [-0.2, -0.15) is 0 Å². The monoisotopic (exact) mass is 452 g/mol. The van der Waals surface area contributed by atoms with Crippen LogP contribution in [0.2, 0.25) is 5.02 Å². The van der Waals surface area contributed by atoms with Gasteiger partial charge in [0.1, 0.15) is 11.8 Å². The number of carbonyl (C=O) groups is 2. The van der Waals surface area contributed by atoms with Gasteiger partial charge in [0.25, 0.3) is 5.91 Å². The van der Waals surface area contributed by atoms with Crippen LogP contribution in [0, 0.1) is 0 Å². The zero-order valence-corrected chi connectivity index (χ0v) is 17.6. The number of para-hydroxylation sites is 1. The first-order chi connectivity index (χ1) is 12.9. The molecule has 5 nitrogen and oxygen atoms in total. The van der Waals surface area contributed by atoms with E-state index in [0.717, 1.165) is 10.0 Å². The minimum absolute atomic E-state index is 0.207. The van der Waals surface area contributed by atoms with Crippen LogP contribution in [0.1, 0.15) is 19.4 Å². The molecule has 1 N–H and O–H groups in total. The number of likely N-dealkylation sites (N-methyl/N-ethyl adjacent to an activating group) is 1. The molecule has 0 aliphatic heterocycles. The summed E-state index contributed by atoms with van der Waals surface area (Å²) in [5, 5.41) is 3.19. The molecule has 2 aromatic rings. The second-order valence-corrected chi connectivity index (χ2v) is 7.26. The summed E-state index contributed by atoms with van der Waals surface area (Å²) in [6.45, 7) is 4.13. The molecular formula is C20H22BrClN2O3. The molecule has 27 heavy (non-hydrogen) atoms. The van der Waals surface area contributed by atoms with Crippen molar-refractivity contribution in [3.8, 4) is 5.75 Å². The Morgan fingerprint density at radius 2 is 1.96 bits per heavy atom. The Kier molecular flexibility index (Phi) is 8.13. The van der Waals surface area contributed by atoms with Crippen molar-refractivity contribution in [1.82, 2.24) is 10.2 Å². The Labute approximate surface area is 172 Å². The predicted molar refractivity (Wildman–Crippen MR) is 110 cm³/mol. The quantitative estimate of drug-likeness (QED) is 0.656. The maximum Gasteiger partial charge on any atom is 0.261 e. The molecule has 0 bridgehead atoms. The minimum Gasteiger partial charge on any atom is -0.482 e. The Bertz CT molecular complexity index is 800. The molecule has 0 spiro atoms. The van der Waals surface area contributed by atoms with E-state index in [-0.39, 0.29) is 18.4 Å². The fourth-order valence-electron chi connectivity index (χ4n) is 2.52. The highest BCUT2D eigenvalue weighted by Gasteiger charge is 2.26. The predicted octanol–water partition coefficient (Wildman–Crippen LogP) is 4.03. The molecule has 0 aliphatic carbocycles. The summed E-state index contributed by atoms with van der Waals surface area (Å²) >= 11 is 9.50. The van der Waals surface area contributed by atoms with Gasteiger partial charge >= 0.3 is 0 Å². The number of halogens is 2. The number of hydrogen-bond donors (Lipinski definition) is 1. The van der Waals surface area contributed by atoms with Crippen LogP contribution in [-0.2, 0) is 16.1 Å². The molecule has 0 fully saturated rings. The lowest BCUT2D eigenvalue weighted by molar-refractivity contribution is -0.142. The number of hydrogen-bond acceptors (Lipinski definition) is 3. The Morgan fingerprint density at radius 1 is 1.22 bits per heavy atom. The van der Waals surface area contributed by atoms with Crippen molar-refractivity contribution < 1.29 is 14.3 Å². The van der Waals surface area contributed by atoms with Crippen molar-refractivity contribution >= 4 is 39.3 Å². The van der Waals surface area contributed by atoms with Crippen LogP contribution in [0.4, 0.5) is 0 Å². The SMILES string of the molecule is CCNC(=O)[C@@H](C)N(Cc1cccc(Br)c1)C(=O)COc1ccccc1Cl. The van der Waals surface area contributed by atoms with Crippen molar-refractivity contribution in [2.45, 2.75) is 26.4 Å². The smallest absolute Gasteiger partial charge is 0.261 e. The lowest BCUT2D eigenvalue weighted by Gasteiger charge is -2.28. The van der Waals surface area contributed by atoms with E-state index in [2.05, 4.69) is 21.2 Å². The van der Waals surface area contributed by atoms with Gasteiger partial charge in [-0.15, -0.1) is 0 Å². The largest absolute Gasteiger partial charge is 0.482 e. The third-order valence-corrected chi connectivity index (χ3v) is 4.75. The summed E-state index contributed by atoms with van der Waals surface area (Å²) in [5.74, 6) is -0.0761. The van der Waals surface area contributed by atoms with Gasteiger partial charge in [-0.05, 0) is 43.7 Å². The molecule has 0 saturated heterocycles. The van der Waals surface area contributed by atoms with E-state index in [1.165, 1.54) is 4.90 Å². The van der Waals surface area contributed by atoms with Gasteiger partial charge in [-0.1, -0.05) is 51.8 Å². The lowest BCUT2D eigenvalue weighted by atomic mass is 10.1. The van der Waals surface area contributed by atoms with E-state index in [4.69, 9.17) is 16.3 Å². The minimum atomic E-state index is -0.633. The standard InChI is InChI=1S/C20H22BrClN2O3/c1-3-23-20(26)14(2)24(12-15-7-6-8-16(21)11-15)19(25)13-27-18-10-5-4-9-17(18)22/h4-11,14H,3,12-13H2,1-2H3,(H,23,26)/t14-/m1/s1. The Morgan fingerprint density at radius 3 is 2.63 bits per heavy atom. The van der Waals surface area contributed by atoms with Crippen molar-refractivity contribution in [3.63, 3.8) is 0 Å². The van der Waals surface area contributed by atoms with Crippen LogP contribution in [0.15, 0.2) is 53.0 Å². The molecule has 2 amide bonds. The van der Waals surface area contributed by atoms with E-state index in [1.54, 1.807) is 31.2 Å². The van der Waals surface area contributed by atoms with Crippen LogP contribution in [0.25, 0.3) is 0 Å². The molecule has 0 heterocycles. The summed E-state index contributed by atoms with van der Waals surface area (Å²) in [5.41, 5.74) is 0.909. The van der Waals surface area contributed by atoms with Crippen molar-refractivity contribution in [1.29, 1.82) is 0 Å². The van der Waals surface area contributed by atoms with Gasteiger partial charge in [-0.3, -0.25) is 9.59 Å². The highest BCUT2D eigenvalue weighted by Crippen LogP contribution is 2.23. The summed E-state index contributed by atoms with van der Waals surface area (Å²) in [7, 11) is 0. The second kappa shape index (κ2) is 10.3. The fraction of sp³-hybridized carbons (Fsp3) is 0.300. The van der Waals surface area contributed by atoms with Gasteiger partial charge in [-0.25, -0.2) is 0 Å². The summed E-state index contributed by atoms with van der Waals surface area (Å²) < 4.78 is 6.47. The molecule has 0 radical (unpaired) electrons. The van der Waals surface area contributed by atoms with E-state index >= 15 is 0 Å². The van der Waals surface area contributed by atoms with E-state index in [0.29, 0.717) is 23.9 Å². The van der Waals surface area contributed by atoms with Crippen LogP contribution < -0.4 is 10.1 Å². The topological polar surface area (TPSA) is 58.6 Å². The van der Waals surface area contributed by atoms with Crippen molar-refractivity contribution in [2.24, 2.45) is 0 Å². The lowest BCUT2D eigenvalue weighted by Crippen LogP contribution is -2.49. The molecule has 2 rings (SSSR count). The molecule has 7 heteroatoms. The first kappa shape index (κ1) is 21.3. The fourth-order valence-corrected chi connectivity index (χ4v) is 3.16. The average Bonchev–Trinajstić information content (AvgIpc) is 2.65. The van der Waals surface area contributed by atoms with Crippen LogP contribution in [0.5, 0.6) is 5.75 Å². The van der Waals surface area contributed by atoms with E-state index < -0.39 is 6.04 Å². The molecular weight excluding hydrogens is 432 g/mol. The van der Waals surface area contributed by atoms with E-state index in [9.17, 15) is 9.59 Å². The summed E-state index contributed by atoms with van der Waals surface area (Å²) in [4.78, 5) is 26.6. The van der Waals surface area contributed by atoms with Crippen molar-refractivity contribution in [2.75, 3.05) is 13.2 Å². The Balaban J connectivity index is 2.15. The molecule has 0 aromatic heterocycles. The first-order valence-electron chi connectivity index (χ1n) is 8.61. The number of benzene rings is 2. The van der Waals surface area contributed by atoms with Crippen molar-refractivity contribution in [3.05, 3.63) is 63.6 Å². The third-order valence-electron chi connectivity index (χ3n) is 3.95. The molecule has 0 unspecified atom stereocenters. The summed E-state index contributed by atoms with van der Waals surface area (Å²) in [6.07, 6.45) is 0. The van der Waals surface area contributed by atoms with Gasteiger partial charge in [0.05, 0.1) is 5.02 Å². The Hall–Kier alpha value is -2.05. The average molecular weight is 454 g/mol. The zero-order valence-electron chi connectivity index (χ0n) is 15.2. The number of ether oxygens (including phenoxy) is 1. The van der Waals surface area contributed by atoms with Gasteiger partial charge < -0.3 is 15.0 Å². The number of carbonyl (C=O) groups excluding carboxylic acids is 2. The molecule has 0 saturated carbocycles. The number of rotatable bonds is 8. The third kappa shape index (κ3) is 6.26. The van der Waals surface area contributed by atoms with Crippen LogP contribution in [-0.4, -0.2) is 35.9 Å². The number of nitrogens with zero attached hydrogens (tertiary/aromatic N) is 1. The highest BCUT2D eigenvalue weighted by molar-refractivity contribution is 9.10. The molecule has 1 atom stereocenters. The normalized spacial score (nSPS) is 11.6. The van der Waals surface area contributed by atoms with Crippen LogP contribution in [0.3, 0.4) is 0 Å². The molecule has 2 aromatic carbocycles. The van der Waals surface area contributed by atoms with Gasteiger partial charge in [0.2, 0.25) is 5.91 Å².